The number of aliphatic hydroxyl groups excluding tert-OH is 13. The molecule has 0 aliphatic carbocycles. The van der Waals surface area contributed by atoms with Crippen LogP contribution in [0.1, 0.15) is 13.8 Å². The van der Waals surface area contributed by atoms with E-state index in [0.29, 0.717) is 0 Å². The van der Waals surface area contributed by atoms with Crippen molar-refractivity contribution in [2.45, 2.75) is 167 Å². The lowest BCUT2D eigenvalue weighted by molar-refractivity contribution is -0.380. The van der Waals surface area contributed by atoms with E-state index < -0.39 is 221 Å². The van der Waals surface area contributed by atoms with Crippen LogP contribution in [-0.4, -0.2) is 292 Å². The van der Waals surface area contributed by atoms with Gasteiger partial charge in [0, 0.05) is 20.4 Å². The van der Waals surface area contributed by atoms with Crippen LogP contribution in [0.25, 0.3) is 0 Å². The molecule has 0 aromatic rings. The molecule has 20 N–H and O–H groups in total. The number of carbonyl (C=O) groups is 2. The number of nitrogens with two attached hydrogens (primary N) is 1. The van der Waals surface area contributed by atoms with Crippen molar-refractivity contribution in [3.05, 3.63) is 0 Å². The molecular formula is C36H65N3O32P2. The van der Waals surface area contributed by atoms with Crippen molar-refractivity contribution in [3.63, 3.8) is 0 Å². The van der Waals surface area contributed by atoms with Crippen molar-refractivity contribution < 1.29 is 156 Å². The molecule has 0 radical (unpaired) electrons. The normalized spacial score (nSPS) is 44.5. The maximum absolute atomic E-state index is 12.8. The molecule has 0 aromatic carbocycles. The first-order chi connectivity index (χ1) is 34.2. The predicted molar refractivity (Wildman–Crippen MR) is 224 cm³/mol. The van der Waals surface area contributed by atoms with E-state index in [1.807, 2.05) is 0 Å². The van der Waals surface area contributed by atoms with Gasteiger partial charge in [-0.1, -0.05) is 0 Å². The molecule has 26 atom stereocenters. The summed E-state index contributed by atoms with van der Waals surface area (Å²) in [6, 6.07) is -3.81. The Morgan fingerprint density at radius 3 is 1.53 bits per heavy atom. The van der Waals surface area contributed by atoms with Crippen LogP contribution in [0.5, 0.6) is 0 Å². The maximum atomic E-state index is 12.8. The van der Waals surface area contributed by atoms with Gasteiger partial charge in [-0.2, -0.15) is 0 Å². The van der Waals surface area contributed by atoms with Crippen molar-refractivity contribution in [3.8, 4) is 0 Å². The molecule has 426 valence electrons. The van der Waals surface area contributed by atoms with Crippen LogP contribution in [-0.2, 0) is 74.9 Å². The number of rotatable bonds is 22. The zero-order valence-corrected chi connectivity index (χ0v) is 40.3. The van der Waals surface area contributed by atoms with Crippen LogP contribution in [0.15, 0.2) is 0 Å². The first-order valence-electron chi connectivity index (χ1n) is 22.3. The van der Waals surface area contributed by atoms with Gasteiger partial charge in [0.2, 0.25) is 11.8 Å². The first-order valence-corrected chi connectivity index (χ1v) is 25.3. The van der Waals surface area contributed by atoms with Crippen molar-refractivity contribution in [2.24, 2.45) is 5.73 Å². The van der Waals surface area contributed by atoms with Crippen molar-refractivity contribution in [2.75, 3.05) is 46.2 Å². The fourth-order valence-electron chi connectivity index (χ4n) is 8.35. The number of nitrogens with one attached hydrogen (secondary N) is 2. The molecule has 5 aliphatic heterocycles. The van der Waals surface area contributed by atoms with Gasteiger partial charge in [-0.15, -0.1) is 0 Å². The lowest BCUT2D eigenvalue weighted by Gasteiger charge is -2.51. The van der Waals surface area contributed by atoms with Crippen LogP contribution in [0.3, 0.4) is 0 Å². The Bertz CT molecular complexity index is 1860. The molecule has 5 rings (SSSR count). The van der Waals surface area contributed by atoms with Gasteiger partial charge >= 0.3 is 15.6 Å². The van der Waals surface area contributed by atoms with Crippen LogP contribution in [0, 0.1) is 0 Å². The number of hydrogen-bond acceptors (Lipinski definition) is 30. The van der Waals surface area contributed by atoms with Gasteiger partial charge < -0.3 is 140 Å². The molecular weight excluding hydrogens is 1050 g/mol. The minimum Gasteiger partial charge on any atom is -0.394 e. The third-order valence-electron chi connectivity index (χ3n) is 11.9. The van der Waals surface area contributed by atoms with Gasteiger partial charge in [-0.05, 0) is 0 Å². The monoisotopic (exact) mass is 1110 g/mol. The second-order valence-electron chi connectivity index (χ2n) is 17.2. The van der Waals surface area contributed by atoms with Crippen LogP contribution < -0.4 is 16.4 Å². The van der Waals surface area contributed by atoms with Crippen molar-refractivity contribution in [1.82, 2.24) is 10.6 Å². The number of ether oxygens (including phenoxy) is 9. The molecule has 0 aromatic heterocycles. The largest absolute Gasteiger partial charge is 0.472 e. The van der Waals surface area contributed by atoms with E-state index in [1.165, 1.54) is 0 Å². The number of phosphoric acid groups is 2. The van der Waals surface area contributed by atoms with E-state index in [2.05, 4.69) is 15.2 Å². The lowest BCUT2D eigenvalue weighted by atomic mass is 9.93. The van der Waals surface area contributed by atoms with Gasteiger partial charge in [0.25, 0.3) is 0 Å². The molecule has 1 unspecified atom stereocenters. The number of phosphoric ester groups is 2. The smallest absolute Gasteiger partial charge is 0.394 e. The second-order valence-corrected chi connectivity index (χ2v) is 19.9. The van der Waals surface area contributed by atoms with E-state index in [4.69, 9.17) is 57.4 Å². The maximum Gasteiger partial charge on any atom is 0.472 e. The molecule has 35 nitrogen and oxygen atoms in total. The van der Waals surface area contributed by atoms with Crippen molar-refractivity contribution in [1.29, 1.82) is 0 Å². The third kappa shape index (κ3) is 15.5. The molecule has 0 bridgehead atoms. The molecule has 37 heteroatoms. The zero-order valence-electron chi connectivity index (χ0n) is 38.5. The van der Waals surface area contributed by atoms with E-state index in [0.717, 1.165) is 13.8 Å². The Morgan fingerprint density at radius 2 is 0.945 bits per heavy atom. The Morgan fingerprint density at radius 1 is 0.479 bits per heavy atom. The van der Waals surface area contributed by atoms with Gasteiger partial charge in [0.15, 0.2) is 31.5 Å². The summed E-state index contributed by atoms with van der Waals surface area (Å²) in [5.74, 6) is -1.87. The van der Waals surface area contributed by atoms with Gasteiger partial charge in [0.1, 0.15) is 122 Å². The second kappa shape index (κ2) is 26.7. The standard InChI is InChI=1S/C36H65N3O32P2/c1-10(43)38-17-22(48)29(68-34-18(39-11(2)44)30(20(46)13(6-41)64-34)70-35-26(52)23(49)19(45)12(5-40)65-35)16(9-61-72(55,56)57)67-33(17)71-31-21(47)15(8-62-73(58,59)60-4-3-37)66-36(27(31)53)69-28-14(7-42)63-32(54)25(51)24(28)50/h12-36,40-42,45-54H,3-9,37H2,1-2H3,(H,38,43)(H,39,44)(H,58,59)(H2,55,56,57)/t12-,13-,14-,15-,16-,17-,18-,19+,20+,21-,22-,23+,24-,25-,26-,27+,28-,29-,30-,31+,32-,33+,34+,35-,36+/m1/s1. The van der Waals surface area contributed by atoms with Crippen LogP contribution >= 0.6 is 15.6 Å². The third-order valence-corrected chi connectivity index (χ3v) is 13.4. The fraction of sp³-hybridized carbons (Fsp3) is 0.944. The number of aliphatic hydroxyl groups is 13. The summed E-state index contributed by atoms with van der Waals surface area (Å²) in [7, 11) is -10.5. The summed E-state index contributed by atoms with van der Waals surface area (Å²) in [5.41, 5.74) is 5.32. The first kappa shape index (κ1) is 62.1. The highest BCUT2D eigenvalue weighted by Crippen LogP contribution is 2.44. The van der Waals surface area contributed by atoms with E-state index in [9.17, 15) is 99.8 Å². The predicted octanol–water partition coefficient (Wildman–Crippen LogP) is -11.4. The fourth-order valence-corrected chi connectivity index (χ4v) is 9.44. The quantitative estimate of drug-likeness (QED) is 0.0448. The average molecular weight is 1110 g/mol. The summed E-state index contributed by atoms with van der Waals surface area (Å²) in [6.07, 6.45) is -46.6. The van der Waals surface area contributed by atoms with Gasteiger partial charge in [-0.3, -0.25) is 23.2 Å². The number of hydrogen-bond donors (Lipinski definition) is 19. The summed E-state index contributed by atoms with van der Waals surface area (Å²) in [4.78, 5) is 55.1. The van der Waals surface area contributed by atoms with Crippen LogP contribution in [0.4, 0.5) is 0 Å². The Kier molecular flexibility index (Phi) is 22.7. The Hall–Kier alpha value is -1.76. The zero-order chi connectivity index (χ0) is 54.4. The highest BCUT2D eigenvalue weighted by atomic mass is 31.2. The Balaban J connectivity index is 1.51. The molecule has 0 saturated carbocycles. The highest BCUT2D eigenvalue weighted by molar-refractivity contribution is 7.47. The molecule has 73 heavy (non-hydrogen) atoms. The van der Waals surface area contributed by atoms with E-state index >= 15 is 0 Å². The Labute approximate surface area is 412 Å². The van der Waals surface area contributed by atoms with Gasteiger partial charge in [-0.25, -0.2) is 9.13 Å². The SMILES string of the molecule is CC(=O)N[C@H]1[C@H](O[C@@H]2[C@H](O)[C@H](O[C@H]3[C@H](O)[C@@H](O)[C@H](O)O[C@@H]3CO)O[C@H](COP(=O)(O)OCCN)[C@H]2O)O[C@H](COP(=O)(O)O)[C@@H](O[C@@H]2O[C@H](CO)[C@H](O)[C@H](O[C@H]3O[C@H](CO)[C@H](O)[C@H](O)[C@H]3O)[C@H]2NC(C)=O)[C@@H]1O. The van der Waals surface area contributed by atoms with Crippen molar-refractivity contribution >= 4 is 27.5 Å². The molecule has 5 saturated heterocycles. The average Bonchev–Trinajstić information content (AvgIpc) is 3.32. The summed E-state index contributed by atoms with van der Waals surface area (Å²) in [5, 5.41) is 144. The molecule has 5 fully saturated rings. The lowest BCUT2D eigenvalue weighted by Crippen LogP contribution is -2.71. The summed E-state index contributed by atoms with van der Waals surface area (Å²) in [6.45, 7) is -4.23. The van der Waals surface area contributed by atoms with Gasteiger partial charge in [0.05, 0.1) is 39.6 Å². The van der Waals surface area contributed by atoms with E-state index in [-0.39, 0.29) is 6.54 Å². The summed E-state index contributed by atoms with van der Waals surface area (Å²) < 4.78 is 90.4. The topological polar surface area (TPSA) is 553 Å². The molecule has 2 amide bonds. The highest BCUT2D eigenvalue weighted by Gasteiger charge is 2.58. The number of amides is 2. The minimum absolute atomic E-state index is 0.252. The molecule has 0 spiro atoms. The number of carbonyl (C=O) groups excluding carboxylic acids is 2. The molecule has 5 aliphatic rings. The molecule has 5 heterocycles. The minimum atomic E-state index is -5.49. The summed E-state index contributed by atoms with van der Waals surface area (Å²) >= 11 is 0. The van der Waals surface area contributed by atoms with Crippen LogP contribution in [0.2, 0.25) is 0 Å². The van der Waals surface area contributed by atoms with E-state index in [1.54, 1.807) is 0 Å².